The van der Waals surface area contributed by atoms with E-state index in [9.17, 15) is 0 Å². The van der Waals surface area contributed by atoms with E-state index < -0.39 is 0 Å². The summed E-state index contributed by atoms with van der Waals surface area (Å²) in [7, 11) is 0. The van der Waals surface area contributed by atoms with E-state index in [1.807, 2.05) is 24.3 Å². The maximum absolute atomic E-state index is 8.76. The molecule has 0 aliphatic carbocycles. The van der Waals surface area contributed by atoms with E-state index in [4.69, 9.17) is 5.26 Å². The van der Waals surface area contributed by atoms with E-state index in [1.165, 1.54) is 57.8 Å². The molecule has 0 radical (unpaired) electrons. The van der Waals surface area contributed by atoms with Crippen LogP contribution in [-0.4, -0.2) is 6.54 Å². The molecule has 0 saturated heterocycles. The minimum absolute atomic E-state index is 0.712. The van der Waals surface area contributed by atoms with E-state index in [-0.39, 0.29) is 0 Å². The van der Waals surface area contributed by atoms with E-state index >= 15 is 0 Å². The van der Waals surface area contributed by atoms with Gasteiger partial charge in [0.25, 0.3) is 0 Å². The number of allylic oxidation sites excluding steroid dienone is 2. The number of nitrogens with zero attached hydrogens (tertiary/aromatic N) is 1. The van der Waals surface area contributed by atoms with Crippen LogP contribution in [0.4, 0.5) is 5.69 Å². The molecule has 1 N–H and O–H groups in total. The molecule has 1 aromatic carbocycles. The van der Waals surface area contributed by atoms with Gasteiger partial charge in [0.2, 0.25) is 0 Å². The highest BCUT2D eigenvalue weighted by Crippen LogP contribution is 2.10. The normalized spacial score (nSPS) is 10.8. The van der Waals surface area contributed by atoms with Crippen molar-refractivity contribution in [3.05, 3.63) is 42.0 Å². The molecule has 0 heterocycles. The maximum Gasteiger partial charge on any atom is 0.0991 e. The van der Waals surface area contributed by atoms with Gasteiger partial charge in [-0.15, -0.1) is 0 Å². The number of unbranched alkanes of at least 4 members (excludes halogenated alkanes) is 9. The van der Waals surface area contributed by atoms with Crippen molar-refractivity contribution in [2.45, 2.75) is 77.6 Å². The quantitative estimate of drug-likeness (QED) is 0.300. The Hall–Kier alpha value is -1.75. The standard InChI is InChI=1S/C22H34N2/c1-2-3-4-5-6-7-8-9-10-11-12-13-14-19-24-22-17-15-21(20-23)16-18-22/h11-12,15-18,24H,2-10,13-14,19H2,1H3/b12-11+. The number of rotatable bonds is 14. The summed E-state index contributed by atoms with van der Waals surface area (Å²) in [5, 5.41) is 12.2. The fourth-order valence-corrected chi connectivity index (χ4v) is 2.75. The Morgan fingerprint density at radius 1 is 0.833 bits per heavy atom. The summed E-state index contributed by atoms with van der Waals surface area (Å²) in [4.78, 5) is 0. The molecule has 1 rings (SSSR count). The lowest BCUT2D eigenvalue weighted by Crippen LogP contribution is -2.00. The molecule has 1 aromatic rings. The molecule has 132 valence electrons. The Morgan fingerprint density at radius 3 is 2.04 bits per heavy atom. The highest BCUT2D eigenvalue weighted by Gasteiger charge is 1.93. The van der Waals surface area contributed by atoms with Gasteiger partial charge in [-0.2, -0.15) is 5.26 Å². The second kappa shape index (κ2) is 14.8. The van der Waals surface area contributed by atoms with E-state index in [0.717, 1.165) is 25.1 Å². The Labute approximate surface area is 149 Å². The summed E-state index contributed by atoms with van der Waals surface area (Å²) in [6.07, 6.45) is 19.3. The average molecular weight is 327 g/mol. The summed E-state index contributed by atoms with van der Waals surface area (Å²) < 4.78 is 0. The van der Waals surface area contributed by atoms with E-state index in [0.29, 0.717) is 5.56 Å². The topological polar surface area (TPSA) is 35.8 Å². The molecular weight excluding hydrogens is 292 g/mol. The third kappa shape index (κ3) is 10.9. The molecule has 24 heavy (non-hydrogen) atoms. The van der Waals surface area contributed by atoms with Crippen LogP contribution in [0.15, 0.2) is 36.4 Å². The molecule has 0 atom stereocenters. The van der Waals surface area contributed by atoms with Gasteiger partial charge < -0.3 is 5.32 Å². The molecule has 0 aromatic heterocycles. The number of nitrogens with one attached hydrogen (secondary N) is 1. The third-order valence-corrected chi connectivity index (χ3v) is 4.28. The number of nitriles is 1. The number of hydrogen-bond donors (Lipinski definition) is 1. The molecule has 0 fully saturated rings. The van der Waals surface area contributed by atoms with Crippen LogP contribution in [0.2, 0.25) is 0 Å². The first-order valence-corrected chi connectivity index (χ1v) is 9.76. The molecular formula is C22H34N2. The fraction of sp³-hybridized carbons (Fsp3) is 0.591. The first kappa shape index (κ1) is 20.3. The van der Waals surface area contributed by atoms with Crippen molar-refractivity contribution in [3.8, 4) is 6.07 Å². The molecule has 0 spiro atoms. The molecule has 2 nitrogen and oxygen atoms in total. The number of anilines is 1. The predicted octanol–water partition coefficient (Wildman–Crippen LogP) is 6.84. The fourth-order valence-electron chi connectivity index (χ4n) is 2.75. The van der Waals surface area contributed by atoms with Crippen LogP contribution in [0.1, 0.15) is 83.1 Å². The number of benzene rings is 1. The Balaban J connectivity index is 1.88. The first-order valence-electron chi connectivity index (χ1n) is 9.76. The second-order valence-corrected chi connectivity index (χ2v) is 6.49. The van der Waals surface area contributed by atoms with Crippen molar-refractivity contribution in [2.24, 2.45) is 0 Å². The lowest BCUT2D eigenvalue weighted by atomic mass is 10.1. The minimum Gasteiger partial charge on any atom is -0.385 e. The van der Waals surface area contributed by atoms with Crippen LogP contribution < -0.4 is 5.32 Å². The summed E-state index contributed by atoms with van der Waals surface area (Å²) in [6.45, 7) is 3.25. The average Bonchev–Trinajstić information content (AvgIpc) is 2.62. The van der Waals surface area contributed by atoms with Gasteiger partial charge in [0.1, 0.15) is 0 Å². The van der Waals surface area contributed by atoms with Crippen LogP contribution in [-0.2, 0) is 0 Å². The number of hydrogen-bond acceptors (Lipinski definition) is 2. The maximum atomic E-state index is 8.76. The molecule has 0 aliphatic heterocycles. The SMILES string of the molecule is CCCCCCCCCC/C=C/CCCNc1ccc(C#N)cc1. The van der Waals surface area contributed by atoms with Crippen molar-refractivity contribution in [3.63, 3.8) is 0 Å². The molecule has 0 unspecified atom stereocenters. The molecule has 2 heteroatoms. The molecule has 0 saturated carbocycles. The largest absolute Gasteiger partial charge is 0.385 e. The van der Waals surface area contributed by atoms with Gasteiger partial charge in [-0.3, -0.25) is 0 Å². The van der Waals surface area contributed by atoms with Crippen molar-refractivity contribution >= 4 is 5.69 Å². The van der Waals surface area contributed by atoms with Crippen molar-refractivity contribution in [2.75, 3.05) is 11.9 Å². The second-order valence-electron chi connectivity index (χ2n) is 6.49. The van der Waals surface area contributed by atoms with Crippen LogP contribution in [0.25, 0.3) is 0 Å². The van der Waals surface area contributed by atoms with Gasteiger partial charge in [-0.1, -0.05) is 64.0 Å². The van der Waals surface area contributed by atoms with Crippen molar-refractivity contribution < 1.29 is 0 Å². The monoisotopic (exact) mass is 326 g/mol. The van der Waals surface area contributed by atoms with Gasteiger partial charge in [0.15, 0.2) is 0 Å². The lowest BCUT2D eigenvalue weighted by molar-refractivity contribution is 0.577. The zero-order chi connectivity index (χ0) is 17.3. The van der Waals surface area contributed by atoms with Gasteiger partial charge in [0, 0.05) is 12.2 Å². The lowest BCUT2D eigenvalue weighted by Gasteiger charge is -2.04. The zero-order valence-electron chi connectivity index (χ0n) is 15.4. The zero-order valence-corrected chi connectivity index (χ0v) is 15.4. The Kier molecular flexibility index (Phi) is 12.5. The van der Waals surface area contributed by atoms with Crippen LogP contribution in [0, 0.1) is 11.3 Å². The Bertz CT molecular complexity index is 468. The third-order valence-electron chi connectivity index (χ3n) is 4.28. The molecule has 0 amide bonds. The van der Waals surface area contributed by atoms with Gasteiger partial charge in [0.05, 0.1) is 11.6 Å². The van der Waals surface area contributed by atoms with Crippen molar-refractivity contribution in [1.29, 1.82) is 5.26 Å². The minimum atomic E-state index is 0.712. The van der Waals surface area contributed by atoms with Gasteiger partial charge >= 0.3 is 0 Å². The van der Waals surface area contributed by atoms with Gasteiger partial charge in [-0.05, 0) is 49.9 Å². The van der Waals surface area contributed by atoms with Crippen molar-refractivity contribution in [1.82, 2.24) is 0 Å². The van der Waals surface area contributed by atoms with Crippen LogP contribution >= 0.6 is 0 Å². The Morgan fingerprint density at radius 2 is 1.42 bits per heavy atom. The highest BCUT2D eigenvalue weighted by molar-refractivity contribution is 5.46. The molecule has 0 bridgehead atoms. The van der Waals surface area contributed by atoms with Crippen LogP contribution in [0.5, 0.6) is 0 Å². The summed E-state index contributed by atoms with van der Waals surface area (Å²) in [5.41, 5.74) is 1.81. The van der Waals surface area contributed by atoms with E-state index in [2.05, 4.69) is 30.5 Å². The predicted molar refractivity (Wildman–Crippen MR) is 105 cm³/mol. The summed E-state index contributed by atoms with van der Waals surface area (Å²) in [5.74, 6) is 0. The first-order chi connectivity index (χ1) is 11.9. The summed E-state index contributed by atoms with van der Waals surface area (Å²) in [6, 6.07) is 9.78. The smallest absolute Gasteiger partial charge is 0.0991 e. The van der Waals surface area contributed by atoms with E-state index in [1.54, 1.807) is 0 Å². The molecule has 0 aliphatic rings. The summed E-state index contributed by atoms with van der Waals surface area (Å²) >= 11 is 0. The van der Waals surface area contributed by atoms with Gasteiger partial charge in [-0.25, -0.2) is 0 Å². The highest BCUT2D eigenvalue weighted by atomic mass is 14.9. The van der Waals surface area contributed by atoms with Crippen LogP contribution in [0.3, 0.4) is 0 Å².